The molecule has 2 aromatic rings. The van der Waals surface area contributed by atoms with Crippen LogP contribution < -0.4 is 5.32 Å². The lowest BCUT2D eigenvalue weighted by Crippen LogP contribution is -2.35. The standard InChI is InChI=1S/C21H21NO2/c23-21(24)15-8-9-17-16(11-15)18-13-6-7-14(10-13)19(18)20(22-17)12-4-2-1-3-5-12/h1-5,8-9,11,13-14,18-20,22H,6-7,10H2,(H,23,24)/t13-,14-,18+,19+,20+/m0/s1. The molecule has 1 heterocycles. The molecule has 5 rings (SSSR count). The Morgan fingerprint density at radius 2 is 1.83 bits per heavy atom. The molecule has 0 amide bonds. The molecule has 122 valence electrons. The van der Waals surface area contributed by atoms with Gasteiger partial charge in [-0.25, -0.2) is 4.79 Å². The molecule has 2 aliphatic carbocycles. The van der Waals surface area contributed by atoms with Crippen LogP contribution in [-0.2, 0) is 0 Å². The third-order valence-electron chi connectivity index (χ3n) is 6.49. The number of fused-ring (bicyclic) bond motifs is 7. The van der Waals surface area contributed by atoms with E-state index in [9.17, 15) is 9.90 Å². The molecule has 0 saturated heterocycles. The highest BCUT2D eigenvalue weighted by atomic mass is 16.4. The molecule has 1 aliphatic heterocycles. The summed E-state index contributed by atoms with van der Waals surface area (Å²) in [6.45, 7) is 0. The number of rotatable bonds is 2. The second kappa shape index (κ2) is 5.10. The summed E-state index contributed by atoms with van der Waals surface area (Å²) in [5, 5.41) is 13.1. The Kier molecular flexibility index (Phi) is 2.99. The number of carboxylic acids is 1. The third-order valence-corrected chi connectivity index (χ3v) is 6.49. The van der Waals surface area contributed by atoms with E-state index in [1.54, 1.807) is 6.07 Å². The van der Waals surface area contributed by atoms with Gasteiger partial charge in [0.05, 0.1) is 11.6 Å². The molecular formula is C21H21NO2. The van der Waals surface area contributed by atoms with Crippen LogP contribution in [0.2, 0.25) is 0 Å². The molecule has 2 N–H and O–H groups in total. The zero-order valence-corrected chi connectivity index (χ0v) is 13.5. The molecule has 2 bridgehead atoms. The lowest BCUT2D eigenvalue weighted by Gasteiger charge is -2.43. The van der Waals surface area contributed by atoms with Crippen molar-refractivity contribution in [2.75, 3.05) is 5.32 Å². The van der Waals surface area contributed by atoms with Crippen molar-refractivity contribution in [3.05, 3.63) is 65.2 Å². The number of nitrogens with one attached hydrogen (secondary N) is 1. The van der Waals surface area contributed by atoms with Gasteiger partial charge in [-0.1, -0.05) is 30.3 Å². The van der Waals surface area contributed by atoms with Gasteiger partial charge in [-0.15, -0.1) is 0 Å². The number of anilines is 1. The fraction of sp³-hybridized carbons (Fsp3) is 0.381. The van der Waals surface area contributed by atoms with Gasteiger partial charge in [0.15, 0.2) is 0 Å². The number of carboxylic acid groups (broad SMARTS) is 1. The molecule has 3 nitrogen and oxygen atoms in total. The Hall–Kier alpha value is -2.29. The summed E-state index contributed by atoms with van der Waals surface area (Å²) in [7, 11) is 0. The van der Waals surface area contributed by atoms with Crippen molar-refractivity contribution in [2.24, 2.45) is 17.8 Å². The first kappa shape index (κ1) is 14.1. The molecule has 0 unspecified atom stereocenters. The quantitative estimate of drug-likeness (QED) is 0.845. The molecule has 3 aliphatic rings. The van der Waals surface area contributed by atoms with Crippen molar-refractivity contribution in [3.8, 4) is 0 Å². The minimum atomic E-state index is -0.831. The maximum absolute atomic E-state index is 11.4. The zero-order valence-electron chi connectivity index (χ0n) is 13.5. The van der Waals surface area contributed by atoms with Crippen molar-refractivity contribution in [2.45, 2.75) is 31.2 Å². The van der Waals surface area contributed by atoms with Crippen molar-refractivity contribution in [1.29, 1.82) is 0 Å². The highest BCUT2D eigenvalue weighted by Crippen LogP contribution is 2.63. The first-order valence-electron chi connectivity index (χ1n) is 8.91. The monoisotopic (exact) mass is 319 g/mol. The van der Waals surface area contributed by atoms with Crippen molar-refractivity contribution >= 4 is 11.7 Å². The van der Waals surface area contributed by atoms with Gasteiger partial charge in [0.25, 0.3) is 0 Å². The van der Waals surface area contributed by atoms with Gasteiger partial charge in [0.1, 0.15) is 0 Å². The van der Waals surface area contributed by atoms with Gasteiger partial charge < -0.3 is 10.4 Å². The van der Waals surface area contributed by atoms with Gasteiger partial charge >= 0.3 is 5.97 Å². The summed E-state index contributed by atoms with van der Waals surface area (Å²) in [5.41, 5.74) is 4.13. The second-order valence-corrected chi connectivity index (χ2v) is 7.58. The molecule has 0 radical (unpaired) electrons. The Bertz CT molecular complexity index is 801. The first-order chi connectivity index (χ1) is 11.7. The molecule has 0 aromatic heterocycles. The number of hydrogen-bond donors (Lipinski definition) is 2. The Morgan fingerprint density at radius 1 is 1.04 bits per heavy atom. The fourth-order valence-electron chi connectivity index (χ4n) is 5.61. The number of aromatic carboxylic acids is 1. The summed E-state index contributed by atoms with van der Waals surface area (Å²) in [6.07, 6.45) is 3.92. The maximum atomic E-state index is 11.4. The summed E-state index contributed by atoms with van der Waals surface area (Å²) >= 11 is 0. The van der Waals surface area contributed by atoms with E-state index in [0.29, 0.717) is 23.4 Å². The minimum absolute atomic E-state index is 0.342. The average molecular weight is 319 g/mol. The lowest BCUT2D eigenvalue weighted by molar-refractivity contribution is 0.0696. The summed E-state index contributed by atoms with van der Waals surface area (Å²) in [4.78, 5) is 11.4. The third kappa shape index (κ3) is 1.94. The highest BCUT2D eigenvalue weighted by Gasteiger charge is 2.53. The molecule has 5 atom stereocenters. The second-order valence-electron chi connectivity index (χ2n) is 7.58. The molecule has 2 aromatic carbocycles. The van der Waals surface area contributed by atoms with Gasteiger partial charge in [0.2, 0.25) is 0 Å². The van der Waals surface area contributed by atoms with Crippen molar-refractivity contribution in [1.82, 2.24) is 0 Å². The normalized spacial score (nSPS) is 32.8. The van der Waals surface area contributed by atoms with Crippen LogP contribution in [0.5, 0.6) is 0 Å². The van der Waals surface area contributed by atoms with E-state index in [1.165, 1.54) is 30.4 Å². The van der Waals surface area contributed by atoms with Gasteiger partial charge in [-0.05, 0) is 72.3 Å². The van der Waals surface area contributed by atoms with E-state index in [2.05, 4.69) is 35.6 Å². The van der Waals surface area contributed by atoms with Crippen LogP contribution in [0.4, 0.5) is 5.69 Å². The van der Waals surface area contributed by atoms with Crippen LogP contribution >= 0.6 is 0 Å². The number of benzene rings is 2. The van der Waals surface area contributed by atoms with Crippen LogP contribution in [0.3, 0.4) is 0 Å². The van der Waals surface area contributed by atoms with Crippen LogP contribution in [-0.4, -0.2) is 11.1 Å². The fourth-order valence-corrected chi connectivity index (χ4v) is 5.61. The lowest BCUT2D eigenvalue weighted by atomic mass is 9.68. The minimum Gasteiger partial charge on any atom is -0.478 e. The van der Waals surface area contributed by atoms with E-state index >= 15 is 0 Å². The number of carbonyl (C=O) groups is 1. The molecule has 2 fully saturated rings. The first-order valence-corrected chi connectivity index (χ1v) is 8.91. The Balaban J connectivity index is 1.64. The maximum Gasteiger partial charge on any atom is 0.335 e. The van der Waals surface area contributed by atoms with Gasteiger partial charge in [-0.3, -0.25) is 0 Å². The van der Waals surface area contributed by atoms with Crippen LogP contribution in [0.15, 0.2) is 48.5 Å². The van der Waals surface area contributed by atoms with E-state index in [0.717, 1.165) is 17.5 Å². The highest BCUT2D eigenvalue weighted by molar-refractivity contribution is 5.88. The van der Waals surface area contributed by atoms with Crippen molar-refractivity contribution in [3.63, 3.8) is 0 Å². The summed E-state index contributed by atoms with van der Waals surface area (Å²) in [5.74, 6) is 1.74. The molecule has 24 heavy (non-hydrogen) atoms. The van der Waals surface area contributed by atoms with E-state index in [-0.39, 0.29) is 0 Å². The van der Waals surface area contributed by atoms with Crippen LogP contribution in [0.25, 0.3) is 0 Å². The summed E-state index contributed by atoms with van der Waals surface area (Å²) < 4.78 is 0. The predicted octanol–water partition coefficient (Wildman–Crippen LogP) is 4.68. The van der Waals surface area contributed by atoms with E-state index in [4.69, 9.17) is 0 Å². The number of hydrogen-bond acceptors (Lipinski definition) is 2. The topological polar surface area (TPSA) is 49.3 Å². The van der Waals surface area contributed by atoms with Gasteiger partial charge in [0, 0.05) is 5.69 Å². The smallest absolute Gasteiger partial charge is 0.335 e. The molecule has 3 heteroatoms. The van der Waals surface area contributed by atoms with Gasteiger partial charge in [-0.2, -0.15) is 0 Å². The van der Waals surface area contributed by atoms with E-state index in [1.807, 2.05) is 12.1 Å². The molecular weight excluding hydrogens is 298 g/mol. The Morgan fingerprint density at radius 3 is 2.62 bits per heavy atom. The predicted molar refractivity (Wildman–Crippen MR) is 93.3 cm³/mol. The van der Waals surface area contributed by atoms with Crippen LogP contribution in [0.1, 0.15) is 52.7 Å². The SMILES string of the molecule is O=C(O)c1ccc2c(c1)[C@H]1[C@H]3CC[C@@H](C3)[C@H]1[C@@H](c1ccccc1)N2. The summed E-state index contributed by atoms with van der Waals surface area (Å²) in [6, 6.07) is 16.7. The largest absolute Gasteiger partial charge is 0.478 e. The van der Waals surface area contributed by atoms with Crippen LogP contribution in [0, 0.1) is 17.8 Å². The molecule has 0 spiro atoms. The van der Waals surface area contributed by atoms with E-state index < -0.39 is 5.97 Å². The molecule has 2 saturated carbocycles. The Labute approximate surface area is 141 Å². The average Bonchev–Trinajstić information content (AvgIpc) is 3.23. The van der Waals surface area contributed by atoms with Crippen molar-refractivity contribution < 1.29 is 9.90 Å². The zero-order chi connectivity index (χ0) is 16.3.